The molecule has 2 aliphatic rings. The maximum absolute atomic E-state index is 12.4. The number of amides is 1. The molecule has 0 radical (unpaired) electrons. The molecule has 2 saturated heterocycles. The minimum atomic E-state index is -0.0809. The highest BCUT2D eigenvalue weighted by atomic mass is 35.5. The molecule has 0 spiro atoms. The molecule has 6 heteroatoms. The molecule has 0 N–H and O–H groups in total. The van der Waals surface area contributed by atoms with E-state index in [0.29, 0.717) is 29.8 Å². The van der Waals surface area contributed by atoms with Crippen LogP contribution < -0.4 is 0 Å². The molecule has 1 aromatic heterocycles. The quantitative estimate of drug-likeness (QED) is 0.783. The second-order valence-corrected chi connectivity index (χ2v) is 5.49. The maximum atomic E-state index is 12.4. The van der Waals surface area contributed by atoms with E-state index in [-0.39, 0.29) is 12.2 Å². The Morgan fingerprint density at radius 2 is 2.00 bits per heavy atom. The summed E-state index contributed by atoms with van der Waals surface area (Å²) >= 11 is 5.82. The van der Waals surface area contributed by atoms with E-state index in [4.69, 9.17) is 21.1 Å². The van der Waals surface area contributed by atoms with E-state index in [1.54, 1.807) is 18.3 Å². The third kappa shape index (κ3) is 2.95. The van der Waals surface area contributed by atoms with E-state index in [0.717, 1.165) is 25.9 Å². The van der Waals surface area contributed by atoms with Crippen molar-refractivity contribution in [2.24, 2.45) is 5.92 Å². The molecule has 108 valence electrons. The van der Waals surface area contributed by atoms with Crippen LogP contribution in [0.4, 0.5) is 0 Å². The number of ether oxygens (including phenoxy) is 2. The number of carbonyl (C=O) groups excluding carboxylic acids is 1. The standard InChI is InChI=1S/C14H17ClN2O3/c15-12-9-11(1-4-16-12)13(18)17-5-2-10(3-6-17)14-19-7-8-20-14/h1,4,9-10,14H,2-3,5-8H2. The van der Waals surface area contributed by atoms with Crippen LogP contribution in [0.2, 0.25) is 5.15 Å². The van der Waals surface area contributed by atoms with Crippen molar-refractivity contribution < 1.29 is 14.3 Å². The summed E-state index contributed by atoms with van der Waals surface area (Å²) in [5.41, 5.74) is 0.594. The normalized spacial score (nSPS) is 21.4. The van der Waals surface area contributed by atoms with Gasteiger partial charge >= 0.3 is 0 Å². The summed E-state index contributed by atoms with van der Waals surface area (Å²) in [6.07, 6.45) is 3.30. The smallest absolute Gasteiger partial charge is 0.254 e. The van der Waals surface area contributed by atoms with Gasteiger partial charge in [0, 0.05) is 30.8 Å². The molecule has 20 heavy (non-hydrogen) atoms. The van der Waals surface area contributed by atoms with E-state index in [9.17, 15) is 4.79 Å². The summed E-state index contributed by atoms with van der Waals surface area (Å²) in [6, 6.07) is 3.31. The molecule has 0 atom stereocenters. The molecule has 0 bridgehead atoms. The van der Waals surface area contributed by atoms with Gasteiger partial charge in [-0.1, -0.05) is 11.6 Å². The number of halogens is 1. The molecule has 2 fully saturated rings. The number of carbonyl (C=O) groups is 1. The number of nitrogens with zero attached hydrogens (tertiary/aromatic N) is 2. The Balaban J connectivity index is 1.58. The Morgan fingerprint density at radius 3 is 2.65 bits per heavy atom. The summed E-state index contributed by atoms with van der Waals surface area (Å²) in [4.78, 5) is 18.1. The number of hydrogen-bond donors (Lipinski definition) is 0. The van der Waals surface area contributed by atoms with Crippen molar-refractivity contribution in [1.82, 2.24) is 9.88 Å². The van der Waals surface area contributed by atoms with Gasteiger partial charge in [0.15, 0.2) is 6.29 Å². The predicted octanol–water partition coefficient (Wildman–Crippen LogP) is 1.96. The Morgan fingerprint density at radius 1 is 1.30 bits per heavy atom. The largest absolute Gasteiger partial charge is 0.350 e. The highest BCUT2D eigenvalue weighted by molar-refractivity contribution is 6.29. The summed E-state index contributed by atoms with van der Waals surface area (Å²) in [6.45, 7) is 2.82. The monoisotopic (exact) mass is 296 g/mol. The van der Waals surface area contributed by atoms with Crippen molar-refractivity contribution in [3.63, 3.8) is 0 Å². The van der Waals surface area contributed by atoms with Gasteiger partial charge in [-0.2, -0.15) is 0 Å². The van der Waals surface area contributed by atoms with Crippen LogP contribution in [0, 0.1) is 5.92 Å². The van der Waals surface area contributed by atoms with Gasteiger partial charge in [-0.3, -0.25) is 4.79 Å². The fraction of sp³-hybridized carbons (Fsp3) is 0.571. The van der Waals surface area contributed by atoms with Gasteiger partial charge in [-0.05, 0) is 25.0 Å². The van der Waals surface area contributed by atoms with Gasteiger partial charge in [0.05, 0.1) is 13.2 Å². The van der Waals surface area contributed by atoms with Crippen molar-refractivity contribution in [2.45, 2.75) is 19.1 Å². The zero-order chi connectivity index (χ0) is 13.9. The van der Waals surface area contributed by atoms with Crippen LogP contribution in [0.3, 0.4) is 0 Å². The highest BCUT2D eigenvalue weighted by Crippen LogP contribution is 2.26. The molecule has 2 aliphatic heterocycles. The summed E-state index contributed by atoms with van der Waals surface area (Å²) in [7, 11) is 0. The van der Waals surface area contributed by atoms with E-state index in [2.05, 4.69) is 4.98 Å². The number of aromatic nitrogens is 1. The predicted molar refractivity (Wildman–Crippen MR) is 73.6 cm³/mol. The topological polar surface area (TPSA) is 51.7 Å². The first-order valence-corrected chi connectivity index (χ1v) is 7.26. The van der Waals surface area contributed by atoms with Crippen molar-refractivity contribution in [3.05, 3.63) is 29.0 Å². The second kappa shape index (κ2) is 6.08. The van der Waals surface area contributed by atoms with Crippen molar-refractivity contribution in [3.8, 4) is 0 Å². The third-order valence-electron chi connectivity index (χ3n) is 3.83. The zero-order valence-corrected chi connectivity index (χ0v) is 11.9. The van der Waals surface area contributed by atoms with Gasteiger partial charge in [-0.25, -0.2) is 4.98 Å². The number of piperidine rings is 1. The molecule has 1 aromatic rings. The summed E-state index contributed by atoms with van der Waals surface area (Å²) in [5, 5.41) is 0.346. The molecule has 0 unspecified atom stereocenters. The minimum absolute atomic E-state index is 0.0148. The lowest BCUT2D eigenvalue weighted by atomic mass is 9.96. The van der Waals surface area contributed by atoms with Gasteiger partial charge in [-0.15, -0.1) is 0 Å². The van der Waals surface area contributed by atoms with E-state index < -0.39 is 0 Å². The van der Waals surface area contributed by atoms with Crippen LogP contribution in [-0.2, 0) is 9.47 Å². The summed E-state index contributed by atoms with van der Waals surface area (Å²) in [5.74, 6) is 0.406. The Bertz CT molecular complexity index is 483. The third-order valence-corrected chi connectivity index (χ3v) is 4.04. The SMILES string of the molecule is O=C(c1ccnc(Cl)c1)N1CCC(C2OCCO2)CC1. The molecular formula is C14H17ClN2O3. The van der Waals surface area contributed by atoms with Gasteiger partial charge < -0.3 is 14.4 Å². The fourth-order valence-electron chi connectivity index (χ4n) is 2.74. The Labute approximate surface area is 122 Å². The molecule has 0 aromatic carbocycles. The number of rotatable bonds is 2. The summed E-state index contributed by atoms with van der Waals surface area (Å²) < 4.78 is 11.1. The van der Waals surface area contributed by atoms with Crippen molar-refractivity contribution in [2.75, 3.05) is 26.3 Å². The number of pyridine rings is 1. The van der Waals surface area contributed by atoms with Crippen LogP contribution in [0.15, 0.2) is 18.3 Å². The average Bonchev–Trinajstić information content (AvgIpc) is 3.01. The zero-order valence-electron chi connectivity index (χ0n) is 11.1. The average molecular weight is 297 g/mol. The van der Waals surface area contributed by atoms with Gasteiger partial charge in [0.2, 0.25) is 0 Å². The second-order valence-electron chi connectivity index (χ2n) is 5.11. The van der Waals surface area contributed by atoms with Gasteiger partial charge in [0.25, 0.3) is 5.91 Å². The number of hydrogen-bond acceptors (Lipinski definition) is 4. The lowest BCUT2D eigenvalue weighted by Crippen LogP contribution is -2.41. The minimum Gasteiger partial charge on any atom is -0.350 e. The lowest BCUT2D eigenvalue weighted by Gasteiger charge is -2.33. The first kappa shape index (κ1) is 13.8. The fourth-order valence-corrected chi connectivity index (χ4v) is 2.92. The van der Waals surface area contributed by atoms with Gasteiger partial charge in [0.1, 0.15) is 5.15 Å². The highest BCUT2D eigenvalue weighted by Gasteiger charge is 2.31. The van der Waals surface area contributed by atoms with Crippen molar-refractivity contribution in [1.29, 1.82) is 0 Å². The molecule has 5 nitrogen and oxygen atoms in total. The van der Waals surface area contributed by atoms with E-state index in [1.807, 2.05) is 4.90 Å². The first-order valence-electron chi connectivity index (χ1n) is 6.88. The van der Waals surface area contributed by atoms with Crippen molar-refractivity contribution >= 4 is 17.5 Å². The van der Waals surface area contributed by atoms with E-state index >= 15 is 0 Å². The lowest BCUT2D eigenvalue weighted by molar-refractivity contribution is -0.0956. The van der Waals surface area contributed by atoms with Crippen LogP contribution in [0.25, 0.3) is 0 Å². The van der Waals surface area contributed by atoms with Crippen LogP contribution in [-0.4, -0.2) is 48.4 Å². The van der Waals surface area contributed by atoms with E-state index in [1.165, 1.54) is 0 Å². The number of likely N-dealkylation sites (tertiary alicyclic amines) is 1. The molecule has 0 saturated carbocycles. The molecule has 1 amide bonds. The Hall–Kier alpha value is -1.17. The van der Waals surface area contributed by atoms with Crippen LogP contribution >= 0.6 is 11.6 Å². The molecular weight excluding hydrogens is 280 g/mol. The maximum Gasteiger partial charge on any atom is 0.254 e. The molecule has 3 rings (SSSR count). The Kier molecular flexibility index (Phi) is 4.19. The molecule has 3 heterocycles. The van der Waals surface area contributed by atoms with Crippen LogP contribution in [0.1, 0.15) is 23.2 Å². The van der Waals surface area contributed by atoms with Crippen LogP contribution in [0.5, 0.6) is 0 Å². The molecule has 0 aliphatic carbocycles. The first-order chi connectivity index (χ1) is 9.74.